The molecule has 4 nitrogen and oxygen atoms in total. The van der Waals surface area contributed by atoms with Crippen molar-refractivity contribution in [2.75, 3.05) is 13.2 Å². The van der Waals surface area contributed by atoms with Crippen LogP contribution in [0.3, 0.4) is 0 Å². The summed E-state index contributed by atoms with van der Waals surface area (Å²) in [6.45, 7) is 1.49. The van der Waals surface area contributed by atoms with Crippen molar-refractivity contribution in [2.24, 2.45) is 0 Å². The number of hydrogen-bond donors (Lipinski definition) is 1. The lowest BCUT2D eigenvalue weighted by Gasteiger charge is -2.34. The highest BCUT2D eigenvalue weighted by Crippen LogP contribution is 2.38. The maximum atomic E-state index is 14.3. The first kappa shape index (κ1) is 14.1. The molecule has 1 fully saturated rings. The number of rotatable bonds is 3. The number of ether oxygens (including phenoxy) is 1. The summed E-state index contributed by atoms with van der Waals surface area (Å²) in [4.78, 5) is 14.7. The second-order valence-corrected chi connectivity index (χ2v) is 5.81. The molecule has 2 aromatic rings. The maximum Gasteiger partial charge on any atom is 0.355 e. The van der Waals surface area contributed by atoms with Crippen molar-refractivity contribution < 1.29 is 23.4 Å². The number of aromatic carboxylic acids is 1. The Bertz CT molecular complexity index is 702. The van der Waals surface area contributed by atoms with E-state index in [0.29, 0.717) is 5.56 Å². The topological polar surface area (TPSA) is 59.4 Å². The third kappa shape index (κ3) is 2.32. The summed E-state index contributed by atoms with van der Waals surface area (Å²) in [6, 6.07) is 2.69. The number of benzene rings is 1. The number of hydrogen-bond acceptors (Lipinski definition) is 4. The van der Waals surface area contributed by atoms with Crippen LogP contribution in [0.4, 0.5) is 8.78 Å². The van der Waals surface area contributed by atoms with Crippen molar-refractivity contribution in [3.05, 3.63) is 40.2 Å². The summed E-state index contributed by atoms with van der Waals surface area (Å²) in [5.74, 6) is -1.78. The molecule has 1 aliphatic rings. The molecule has 0 aliphatic carbocycles. The van der Waals surface area contributed by atoms with Gasteiger partial charge in [-0.15, -0.1) is 11.3 Å². The van der Waals surface area contributed by atoms with E-state index in [4.69, 9.17) is 9.84 Å². The van der Waals surface area contributed by atoms with Crippen LogP contribution in [0.2, 0.25) is 0 Å². The predicted octanol–water partition coefficient (Wildman–Crippen LogP) is 3.15. The Morgan fingerprint density at radius 2 is 2.19 bits per heavy atom. The van der Waals surface area contributed by atoms with Gasteiger partial charge in [-0.2, -0.15) is 0 Å². The highest BCUT2D eigenvalue weighted by molar-refractivity contribution is 7.13. The number of alkyl halides is 1. The van der Waals surface area contributed by atoms with E-state index >= 15 is 0 Å². The van der Waals surface area contributed by atoms with Crippen LogP contribution in [0, 0.1) is 12.7 Å². The number of thiazole rings is 1. The molecule has 1 aromatic carbocycles. The second-order valence-electron chi connectivity index (χ2n) is 4.95. The first-order valence-corrected chi connectivity index (χ1v) is 7.05. The summed E-state index contributed by atoms with van der Waals surface area (Å²) in [6.07, 6.45) is 0. The number of carboxylic acid groups (broad SMARTS) is 1. The Morgan fingerprint density at radius 1 is 1.48 bits per heavy atom. The van der Waals surface area contributed by atoms with E-state index in [1.807, 2.05) is 0 Å². The molecule has 0 atom stereocenters. The quantitative estimate of drug-likeness (QED) is 0.946. The summed E-state index contributed by atoms with van der Waals surface area (Å²) in [7, 11) is 0. The Balaban J connectivity index is 2.05. The Morgan fingerprint density at radius 3 is 2.67 bits per heavy atom. The van der Waals surface area contributed by atoms with Gasteiger partial charge in [0.25, 0.3) is 0 Å². The normalized spacial score (nSPS) is 16.5. The van der Waals surface area contributed by atoms with Gasteiger partial charge in [0.05, 0.1) is 13.2 Å². The number of aromatic nitrogens is 1. The molecule has 0 unspecified atom stereocenters. The third-order valence-electron chi connectivity index (χ3n) is 3.40. The molecule has 0 bridgehead atoms. The summed E-state index contributed by atoms with van der Waals surface area (Å²) < 4.78 is 33.4. The van der Waals surface area contributed by atoms with Gasteiger partial charge >= 0.3 is 5.97 Å². The molecule has 0 spiro atoms. The molecule has 1 aromatic heterocycles. The molecule has 0 saturated carbocycles. The average molecular weight is 311 g/mol. The van der Waals surface area contributed by atoms with E-state index < -0.39 is 17.5 Å². The number of carboxylic acids is 1. The average Bonchev–Trinajstić information content (AvgIpc) is 2.84. The lowest BCUT2D eigenvalue weighted by molar-refractivity contribution is -0.135. The molecule has 0 amide bonds. The highest BCUT2D eigenvalue weighted by atomic mass is 32.1. The molecule has 3 rings (SSSR count). The third-order valence-corrected chi connectivity index (χ3v) is 4.26. The van der Waals surface area contributed by atoms with Crippen LogP contribution in [0.25, 0.3) is 10.6 Å². The number of nitrogens with zero attached hydrogens (tertiary/aromatic N) is 1. The van der Waals surface area contributed by atoms with Gasteiger partial charge in [-0.25, -0.2) is 18.6 Å². The highest BCUT2D eigenvalue weighted by Gasteiger charge is 2.41. The zero-order valence-electron chi connectivity index (χ0n) is 11.0. The lowest BCUT2D eigenvalue weighted by atomic mass is 9.91. The molecular weight excluding hydrogens is 300 g/mol. The minimum absolute atomic E-state index is 0.0777. The first-order valence-electron chi connectivity index (χ1n) is 6.17. The molecule has 1 N–H and O–H groups in total. The zero-order chi connectivity index (χ0) is 15.2. The minimum atomic E-state index is -1.64. The van der Waals surface area contributed by atoms with Gasteiger partial charge in [-0.3, -0.25) is 0 Å². The number of halogens is 2. The smallest absolute Gasteiger partial charge is 0.355 e. The van der Waals surface area contributed by atoms with Crippen molar-refractivity contribution >= 4 is 17.3 Å². The first-order chi connectivity index (χ1) is 9.90. The van der Waals surface area contributed by atoms with Crippen LogP contribution in [0.15, 0.2) is 17.5 Å². The van der Waals surface area contributed by atoms with E-state index in [1.165, 1.54) is 5.38 Å². The van der Waals surface area contributed by atoms with Gasteiger partial charge in [-0.05, 0) is 24.1 Å². The van der Waals surface area contributed by atoms with Crippen LogP contribution < -0.4 is 0 Å². The zero-order valence-corrected chi connectivity index (χ0v) is 11.8. The number of aryl methyl sites for hydroxylation is 1. The summed E-state index contributed by atoms with van der Waals surface area (Å²) in [5, 5.41) is 10.5. The van der Waals surface area contributed by atoms with Gasteiger partial charge in [-0.1, -0.05) is 6.07 Å². The van der Waals surface area contributed by atoms with Crippen LogP contribution >= 0.6 is 11.3 Å². The van der Waals surface area contributed by atoms with Crippen molar-refractivity contribution in [3.8, 4) is 10.6 Å². The van der Waals surface area contributed by atoms with Gasteiger partial charge in [0.2, 0.25) is 0 Å². The molecule has 1 saturated heterocycles. The Labute approximate surface area is 123 Å². The van der Waals surface area contributed by atoms with Crippen molar-refractivity contribution in [1.29, 1.82) is 0 Å². The van der Waals surface area contributed by atoms with Gasteiger partial charge in [0, 0.05) is 10.9 Å². The van der Waals surface area contributed by atoms with Crippen molar-refractivity contribution in [3.63, 3.8) is 0 Å². The van der Waals surface area contributed by atoms with E-state index in [0.717, 1.165) is 17.4 Å². The van der Waals surface area contributed by atoms with Gasteiger partial charge < -0.3 is 9.84 Å². The SMILES string of the molecule is Cc1cc(C2(F)COC2)cc(F)c1-c1nc(C(=O)O)cs1. The number of carbonyl (C=O) groups is 1. The van der Waals surface area contributed by atoms with E-state index in [-0.39, 0.29) is 35.0 Å². The van der Waals surface area contributed by atoms with Crippen molar-refractivity contribution in [2.45, 2.75) is 12.6 Å². The fourth-order valence-corrected chi connectivity index (χ4v) is 3.11. The van der Waals surface area contributed by atoms with Gasteiger partial charge in [0.1, 0.15) is 10.8 Å². The van der Waals surface area contributed by atoms with E-state index in [9.17, 15) is 13.6 Å². The lowest BCUT2D eigenvalue weighted by Crippen LogP contribution is -2.42. The largest absolute Gasteiger partial charge is 0.476 e. The molecule has 2 heterocycles. The Hall–Kier alpha value is -1.86. The fraction of sp³-hybridized carbons (Fsp3) is 0.286. The van der Waals surface area contributed by atoms with Crippen molar-refractivity contribution in [1.82, 2.24) is 4.98 Å². The molecule has 110 valence electrons. The minimum Gasteiger partial charge on any atom is -0.476 e. The Kier molecular flexibility index (Phi) is 3.26. The van der Waals surface area contributed by atoms with Crippen LogP contribution in [0.5, 0.6) is 0 Å². The van der Waals surface area contributed by atoms with Crippen LogP contribution in [-0.2, 0) is 10.4 Å². The molecule has 0 radical (unpaired) electrons. The summed E-state index contributed by atoms with van der Waals surface area (Å²) >= 11 is 1.04. The molecular formula is C14H11F2NO3S. The van der Waals surface area contributed by atoms with E-state index in [2.05, 4.69) is 4.98 Å². The van der Waals surface area contributed by atoms with Crippen LogP contribution in [0.1, 0.15) is 21.6 Å². The standard InChI is InChI=1S/C14H11F2NO3S/c1-7-2-8(14(16)5-20-6-14)3-9(15)11(7)12-17-10(4-21-12)13(18)19/h2-4H,5-6H2,1H3,(H,18,19). The van der Waals surface area contributed by atoms with Crippen LogP contribution in [-0.4, -0.2) is 29.3 Å². The predicted molar refractivity (Wildman–Crippen MR) is 72.8 cm³/mol. The monoisotopic (exact) mass is 311 g/mol. The van der Waals surface area contributed by atoms with E-state index in [1.54, 1.807) is 13.0 Å². The molecule has 7 heteroatoms. The summed E-state index contributed by atoms with van der Waals surface area (Å²) in [5.41, 5.74) is -0.811. The fourth-order valence-electron chi connectivity index (χ4n) is 2.21. The van der Waals surface area contributed by atoms with Gasteiger partial charge in [0.15, 0.2) is 11.4 Å². The molecule has 1 aliphatic heterocycles. The second kappa shape index (κ2) is 4.85. The molecule has 21 heavy (non-hydrogen) atoms. The maximum absolute atomic E-state index is 14.3.